The molecule has 1 heterocycles. The van der Waals surface area contributed by atoms with Gasteiger partial charge in [-0.25, -0.2) is 13.2 Å². The third-order valence-electron chi connectivity index (χ3n) is 4.58. The van der Waals surface area contributed by atoms with E-state index in [-0.39, 0.29) is 24.0 Å². The predicted octanol–water partition coefficient (Wildman–Crippen LogP) is 2.17. The maximum Gasteiger partial charge on any atom is 0.328 e. The van der Waals surface area contributed by atoms with E-state index >= 15 is 0 Å². The number of H-pyrrole nitrogens is 1. The van der Waals surface area contributed by atoms with Gasteiger partial charge in [-0.15, -0.1) is 0 Å². The van der Waals surface area contributed by atoms with Crippen LogP contribution in [0.4, 0.5) is 0 Å². The summed E-state index contributed by atoms with van der Waals surface area (Å²) in [6.45, 7) is 0.232. The summed E-state index contributed by atoms with van der Waals surface area (Å²) < 4.78 is 26.9. The molecule has 6 nitrogen and oxygen atoms in total. The van der Waals surface area contributed by atoms with E-state index in [9.17, 15) is 18.0 Å². The van der Waals surface area contributed by atoms with E-state index in [0.717, 1.165) is 11.1 Å². The van der Waals surface area contributed by atoms with Crippen LogP contribution in [0.25, 0.3) is 0 Å². The molecule has 0 fully saturated rings. The molecule has 3 aromatic rings. The van der Waals surface area contributed by atoms with Gasteiger partial charge in [0.1, 0.15) is 0 Å². The standard InChI is InChI=1S/C21H22N2O4S/c24-20-12-14-23(21(25)22-20)13-7-15-28(26,27)16-19(17-8-3-1-4-9-17)18-10-5-2-6-11-18/h1-6,8-12,14,19H,7,13,15-16H2,(H,22,24,25). The number of sulfone groups is 1. The van der Waals surface area contributed by atoms with Crippen LogP contribution >= 0.6 is 0 Å². The van der Waals surface area contributed by atoms with E-state index < -0.39 is 21.1 Å². The average Bonchev–Trinajstić information content (AvgIpc) is 2.69. The van der Waals surface area contributed by atoms with Crippen LogP contribution in [0.2, 0.25) is 0 Å². The van der Waals surface area contributed by atoms with Gasteiger partial charge in [0.25, 0.3) is 5.56 Å². The van der Waals surface area contributed by atoms with Crippen molar-refractivity contribution in [3.63, 3.8) is 0 Å². The zero-order valence-electron chi connectivity index (χ0n) is 15.3. The number of rotatable bonds is 8. The van der Waals surface area contributed by atoms with Crippen molar-refractivity contribution in [2.75, 3.05) is 11.5 Å². The smallest absolute Gasteiger partial charge is 0.301 e. The highest BCUT2D eigenvalue weighted by atomic mass is 32.2. The molecular formula is C21H22N2O4S. The van der Waals surface area contributed by atoms with Crippen molar-refractivity contribution in [2.45, 2.75) is 18.9 Å². The number of aryl methyl sites for hydroxylation is 1. The Morgan fingerprint density at radius 3 is 1.96 bits per heavy atom. The lowest BCUT2D eigenvalue weighted by Crippen LogP contribution is -2.29. The number of nitrogens with one attached hydrogen (secondary N) is 1. The molecule has 0 saturated carbocycles. The molecule has 28 heavy (non-hydrogen) atoms. The Bertz CT molecular complexity index is 1080. The molecule has 2 aromatic carbocycles. The Balaban J connectivity index is 1.72. The number of hydrogen-bond acceptors (Lipinski definition) is 4. The molecule has 0 amide bonds. The molecule has 1 aromatic heterocycles. The number of aromatic nitrogens is 2. The molecule has 3 rings (SSSR count). The second-order valence-corrected chi connectivity index (χ2v) is 8.87. The molecule has 0 radical (unpaired) electrons. The Morgan fingerprint density at radius 1 is 0.857 bits per heavy atom. The normalized spacial score (nSPS) is 11.6. The van der Waals surface area contributed by atoms with Crippen molar-refractivity contribution < 1.29 is 8.42 Å². The van der Waals surface area contributed by atoms with Crippen molar-refractivity contribution in [3.8, 4) is 0 Å². The number of nitrogens with zero attached hydrogens (tertiary/aromatic N) is 1. The van der Waals surface area contributed by atoms with Crippen LogP contribution < -0.4 is 11.2 Å². The second-order valence-electron chi connectivity index (χ2n) is 6.65. The molecule has 0 saturated heterocycles. The first kappa shape index (κ1) is 19.8. The van der Waals surface area contributed by atoms with Crippen LogP contribution in [0.3, 0.4) is 0 Å². The van der Waals surface area contributed by atoms with Crippen LogP contribution in [0, 0.1) is 0 Å². The first-order valence-electron chi connectivity index (χ1n) is 9.05. The summed E-state index contributed by atoms with van der Waals surface area (Å²) in [6, 6.07) is 20.4. The number of benzene rings is 2. The maximum atomic E-state index is 12.8. The first-order valence-corrected chi connectivity index (χ1v) is 10.9. The van der Waals surface area contributed by atoms with Gasteiger partial charge in [-0.2, -0.15) is 0 Å². The molecule has 0 unspecified atom stereocenters. The third-order valence-corrected chi connectivity index (χ3v) is 6.33. The fraction of sp³-hybridized carbons (Fsp3) is 0.238. The highest BCUT2D eigenvalue weighted by Gasteiger charge is 2.22. The summed E-state index contributed by atoms with van der Waals surface area (Å²) in [5.41, 5.74) is 0.905. The van der Waals surface area contributed by atoms with Gasteiger partial charge in [0.05, 0.1) is 11.5 Å². The van der Waals surface area contributed by atoms with Crippen LogP contribution in [-0.4, -0.2) is 29.5 Å². The first-order chi connectivity index (χ1) is 13.4. The lowest BCUT2D eigenvalue weighted by atomic mass is 9.93. The van der Waals surface area contributed by atoms with Crippen LogP contribution in [0.15, 0.2) is 82.5 Å². The third kappa shape index (κ3) is 5.29. The van der Waals surface area contributed by atoms with Crippen LogP contribution in [-0.2, 0) is 16.4 Å². The minimum absolute atomic E-state index is 0.00154. The van der Waals surface area contributed by atoms with E-state index in [1.807, 2.05) is 60.7 Å². The highest BCUT2D eigenvalue weighted by Crippen LogP contribution is 2.26. The maximum absolute atomic E-state index is 12.8. The minimum Gasteiger partial charge on any atom is -0.301 e. The zero-order valence-corrected chi connectivity index (χ0v) is 16.1. The van der Waals surface area contributed by atoms with Crippen molar-refractivity contribution in [1.29, 1.82) is 0 Å². The molecule has 0 aliphatic carbocycles. The van der Waals surface area contributed by atoms with Gasteiger partial charge in [-0.1, -0.05) is 60.7 Å². The zero-order chi connectivity index (χ0) is 20.0. The molecule has 1 N–H and O–H groups in total. The molecule has 0 aliphatic heterocycles. The van der Waals surface area contributed by atoms with E-state index in [1.165, 1.54) is 16.8 Å². The molecule has 0 aliphatic rings. The van der Waals surface area contributed by atoms with Crippen molar-refractivity contribution >= 4 is 9.84 Å². The fourth-order valence-electron chi connectivity index (χ4n) is 3.17. The van der Waals surface area contributed by atoms with Gasteiger partial charge in [0.2, 0.25) is 0 Å². The van der Waals surface area contributed by atoms with E-state index in [1.54, 1.807) is 0 Å². The number of aromatic amines is 1. The molecule has 0 atom stereocenters. The molecule has 7 heteroatoms. The van der Waals surface area contributed by atoms with E-state index in [2.05, 4.69) is 4.98 Å². The summed E-state index contributed by atoms with van der Waals surface area (Å²) in [7, 11) is -3.36. The van der Waals surface area contributed by atoms with Gasteiger partial charge in [-0.3, -0.25) is 9.78 Å². The Hall–Kier alpha value is -2.93. The lowest BCUT2D eigenvalue weighted by molar-refractivity contribution is 0.577. The van der Waals surface area contributed by atoms with Crippen LogP contribution in [0.5, 0.6) is 0 Å². The Morgan fingerprint density at radius 2 is 1.43 bits per heavy atom. The van der Waals surface area contributed by atoms with Gasteiger partial charge in [-0.05, 0) is 17.5 Å². The van der Waals surface area contributed by atoms with Gasteiger partial charge in [0.15, 0.2) is 9.84 Å². The average molecular weight is 398 g/mol. The lowest BCUT2D eigenvalue weighted by Gasteiger charge is -2.18. The topological polar surface area (TPSA) is 89.0 Å². The van der Waals surface area contributed by atoms with Crippen molar-refractivity contribution in [2.24, 2.45) is 0 Å². The SMILES string of the molecule is O=c1ccn(CCCS(=O)(=O)CC(c2ccccc2)c2ccccc2)c(=O)[nH]1. The second kappa shape index (κ2) is 8.84. The molecule has 0 spiro atoms. The summed E-state index contributed by atoms with van der Waals surface area (Å²) in [5, 5.41) is 0. The summed E-state index contributed by atoms with van der Waals surface area (Å²) in [5.74, 6) is -0.279. The quantitative estimate of drug-likeness (QED) is 0.630. The monoisotopic (exact) mass is 398 g/mol. The summed E-state index contributed by atoms with van der Waals surface area (Å²) in [6.07, 6.45) is 1.68. The van der Waals surface area contributed by atoms with Crippen molar-refractivity contribution in [3.05, 3.63) is 105 Å². The molecular weight excluding hydrogens is 376 g/mol. The Labute approximate surface area is 163 Å². The van der Waals surface area contributed by atoms with E-state index in [0.29, 0.717) is 6.42 Å². The fourth-order valence-corrected chi connectivity index (χ4v) is 4.80. The van der Waals surface area contributed by atoms with Crippen molar-refractivity contribution in [1.82, 2.24) is 9.55 Å². The largest absolute Gasteiger partial charge is 0.328 e. The summed E-state index contributed by atoms with van der Waals surface area (Å²) >= 11 is 0. The number of hydrogen-bond donors (Lipinski definition) is 1. The Kier molecular flexibility index (Phi) is 6.26. The van der Waals surface area contributed by atoms with Gasteiger partial charge >= 0.3 is 5.69 Å². The van der Waals surface area contributed by atoms with E-state index in [4.69, 9.17) is 0 Å². The minimum atomic E-state index is -3.36. The molecule has 0 bridgehead atoms. The van der Waals surface area contributed by atoms with Gasteiger partial charge in [0, 0.05) is 24.7 Å². The highest BCUT2D eigenvalue weighted by molar-refractivity contribution is 7.91. The predicted molar refractivity (Wildman–Crippen MR) is 109 cm³/mol. The molecule has 146 valence electrons. The van der Waals surface area contributed by atoms with Crippen LogP contribution in [0.1, 0.15) is 23.5 Å². The van der Waals surface area contributed by atoms with Gasteiger partial charge < -0.3 is 4.57 Å². The summed E-state index contributed by atoms with van der Waals surface area (Å²) in [4.78, 5) is 25.0.